The van der Waals surface area contributed by atoms with Crippen LogP contribution in [0.5, 0.6) is 0 Å². The third-order valence-electron chi connectivity index (χ3n) is 4.49. The molecule has 0 aromatic heterocycles. The van der Waals surface area contributed by atoms with Crippen LogP contribution in [0.1, 0.15) is 44.2 Å². The molecule has 0 spiro atoms. The van der Waals surface area contributed by atoms with Gasteiger partial charge in [0.2, 0.25) is 11.8 Å². The van der Waals surface area contributed by atoms with Crippen molar-refractivity contribution in [1.29, 1.82) is 0 Å². The third kappa shape index (κ3) is 5.45. The molecule has 2 aromatic rings. The number of nitrogens with zero attached hydrogens (tertiary/aromatic N) is 2. The Labute approximate surface area is 156 Å². The number of benzene rings is 2. The van der Waals surface area contributed by atoms with Crippen molar-refractivity contribution in [1.82, 2.24) is 4.90 Å². The molecule has 0 saturated heterocycles. The van der Waals surface area contributed by atoms with Crippen LogP contribution in [0.25, 0.3) is 0 Å². The number of hydrogen-bond acceptors (Lipinski definition) is 2. The van der Waals surface area contributed by atoms with E-state index in [9.17, 15) is 9.59 Å². The first-order valence-electron chi connectivity index (χ1n) is 9.04. The molecule has 0 aliphatic rings. The van der Waals surface area contributed by atoms with Gasteiger partial charge < -0.3 is 9.80 Å². The molecule has 0 unspecified atom stereocenters. The Kier molecular flexibility index (Phi) is 6.96. The van der Waals surface area contributed by atoms with Gasteiger partial charge in [0.05, 0.1) is 0 Å². The van der Waals surface area contributed by atoms with E-state index in [1.807, 2.05) is 54.6 Å². The van der Waals surface area contributed by atoms with Gasteiger partial charge in [-0.2, -0.15) is 0 Å². The van der Waals surface area contributed by atoms with E-state index >= 15 is 0 Å². The lowest BCUT2D eigenvalue weighted by Crippen LogP contribution is -2.34. The summed E-state index contributed by atoms with van der Waals surface area (Å²) in [6.45, 7) is 6.77. The predicted octanol–water partition coefficient (Wildman–Crippen LogP) is 4.21. The van der Waals surface area contributed by atoms with Gasteiger partial charge in [-0.25, -0.2) is 0 Å². The van der Waals surface area contributed by atoms with Gasteiger partial charge in [-0.05, 0) is 29.2 Å². The maximum Gasteiger partial charge on any atom is 0.224 e. The first-order valence-corrected chi connectivity index (χ1v) is 9.04. The summed E-state index contributed by atoms with van der Waals surface area (Å²) in [6, 6.07) is 17.9. The van der Waals surface area contributed by atoms with Crippen molar-refractivity contribution in [3.8, 4) is 0 Å². The van der Waals surface area contributed by atoms with Gasteiger partial charge in [0.25, 0.3) is 0 Å². The number of carbonyl (C=O) groups is 2. The van der Waals surface area contributed by atoms with Crippen LogP contribution in [0.15, 0.2) is 54.6 Å². The number of amides is 2. The van der Waals surface area contributed by atoms with E-state index in [-0.39, 0.29) is 11.8 Å². The van der Waals surface area contributed by atoms with Crippen molar-refractivity contribution >= 4 is 17.5 Å². The van der Waals surface area contributed by atoms with Gasteiger partial charge >= 0.3 is 0 Å². The monoisotopic (exact) mass is 352 g/mol. The summed E-state index contributed by atoms with van der Waals surface area (Å²) in [4.78, 5) is 27.8. The highest BCUT2D eigenvalue weighted by atomic mass is 16.2. The van der Waals surface area contributed by atoms with Crippen molar-refractivity contribution in [3.05, 3.63) is 65.7 Å². The van der Waals surface area contributed by atoms with Gasteiger partial charge in [0.1, 0.15) is 0 Å². The van der Waals surface area contributed by atoms with Gasteiger partial charge in [0, 0.05) is 39.2 Å². The summed E-state index contributed by atoms with van der Waals surface area (Å²) in [5.41, 5.74) is 3.16. The fourth-order valence-corrected chi connectivity index (χ4v) is 2.85. The molecule has 0 heterocycles. The first-order chi connectivity index (χ1) is 12.4. The summed E-state index contributed by atoms with van der Waals surface area (Å²) < 4.78 is 0. The molecule has 0 atom stereocenters. The van der Waals surface area contributed by atoms with E-state index in [0.29, 0.717) is 25.4 Å². The standard InChI is InChI=1S/C22H28N2O2/c1-17(2)20-10-12-21(13-11-20)24(18(3)25)15-14-22(26)23(4)16-19-8-6-5-7-9-19/h5-13,17H,14-16H2,1-4H3. The van der Waals surface area contributed by atoms with Crippen molar-refractivity contribution in [2.24, 2.45) is 0 Å². The fourth-order valence-electron chi connectivity index (χ4n) is 2.85. The van der Waals surface area contributed by atoms with Crippen LogP contribution in [0, 0.1) is 0 Å². The minimum atomic E-state index is -0.0548. The molecule has 0 fully saturated rings. The van der Waals surface area contributed by atoms with E-state index < -0.39 is 0 Å². The van der Waals surface area contributed by atoms with Gasteiger partial charge in [0.15, 0.2) is 0 Å². The van der Waals surface area contributed by atoms with Gasteiger partial charge in [-0.3, -0.25) is 9.59 Å². The molecule has 4 nitrogen and oxygen atoms in total. The molecule has 2 amide bonds. The summed E-state index contributed by atoms with van der Waals surface area (Å²) in [7, 11) is 1.80. The fraction of sp³-hybridized carbons (Fsp3) is 0.364. The molecule has 0 aliphatic heterocycles. The molecule has 0 N–H and O–H groups in total. The molecule has 26 heavy (non-hydrogen) atoms. The van der Waals surface area contributed by atoms with Crippen molar-refractivity contribution in [2.45, 2.75) is 39.7 Å². The van der Waals surface area contributed by atoms with Crippen LogP contribution in [0.4, 0.5) is 5.69 Å². The average molecular weight is 352 g/mol. The van der Waals surface area contributed by atoms with Gasteiger partial charge in [-0.15, -0.1) is 0 Å². The average Bonchev–Trinajstić information content (AvgIpc) is 2.62. The second kappa shape index (κ2) is 9.18. The second-order valence-corrected chi connectivity index (χ2v) is 6.90. The quantitative estimate of drug-likeness (QED) is 0.749. The summed E-state index contributed by atoms with van der Waals surface area (Å²) in [5, 5.41) is 0. The van der Waals surface area contributed by atoms with Crippen LogP contribution < -0.4 is 4.90 Å². The molecule has 0 bridgehead atoms. The van der Waals surface area contributed by atoms with Crippen LogP contribution in [0.2, 0.25) is 0 Å². The second-order valence-electron chi connectivity index (χ2n) is 6.90. The minimum Gasteiger partial charge on any atom is -0.341 e. The normalized spacial score (nSPS) is 10.7. The highest BCUT2D eigenvalue weighted by Crippen LogP contribution is 2.20. The molecule has 2 aromatic carbocycles. The van der Waals surface area contributed by atoms with Crippen molar-refractivity contribution in [3.63, 3.8) is 0 Å². The van der Waals surface area contributed by atoms with Gasteiger partial charge in [-0.1, -0.05) is 56.3 Å². The molecule has 0 saturated carbocycles. The molecule has 0 aliphatic carbocycles. The topological polar surface area (TPSA) is 40.6 Å². The first kappa shape index (κ1) is 19.7. The highest BCUT2D eigenvalue weighted by Gasteiger charge is 2.16. The van der Waals surface area contributed by atoms with E-state index in [0.717, 1.165) is 11.3 Å². The van der Waals surface area contributed by atoms with E-state index in [1.165, 1.54) is 12.5 Å². The Bertz CT molecular complexity index is 724. The van der Waals surface area contributed by atoms with Crippen molar-refractivity contribution in [2.75, 3.05) is 18.5 Å². The minimum absolute atomic E-state index is 0.0268. The molecular formula is C22H28N2O2. The molecule has 4 heteroatoms. The number of rotatable bonds is 7. The summed E-state index contributed by atoms with van der Waals surface area (Å²) >= 11 is 0. The molecule has 0 radical (unpaired) electrons. The van der Waals surface area contributed by atoms with Crippen LogP contribution >= 0.6 is 0 Å². The Morgan fingerprint density at radius 2 is 1.58 bits per heavy atom. The summed E-state index contributed by atoms with van der Waals surface area (Å²) in [5.74, 6) is 0.419. The molecule has 2 rings (SSSR count). The third-order valence-corrected chi connectivity index (χ3v) is 4.49. The maximum absolute atomic E-state index is 12.4. The zero-order valence-electron chi connectivity index (χ0n) is 16.1. The Morgan fingerprint density at radius 1 is 0.962 bits per heavy atom. The van der Waals surface area contributed by atoms with Crippen molar-refractivity contribution < 1.29 is 9.59 Å². The van der Waals surface area contributed by atoms with E-state index in [1.54, 1.807) is 16.8 Å². The number of carbonyl (C=O) groups excluding carboxylic acids is 2. The number of anilines is 1. The van der Waals surface area contributed by atoms with E-state index in [2.05, 4.69) is 13.8 Å². The highest BCUT2D eigenvalue weighted by molar-refractivity contribution is 5.92. The predicted molar refractivity (Wildman–Crippen MR) is 106 cm³/mol. The Balaban J connectivity index is 1.97. The zero-order valence-corrected chi connectivity index (χ0v) is 16.1. The lowest BCUT2D eigenvalue weighted by atomic mass is 10.0. The lowest BCUT2D eigenvalue weighted by molar-refractivity contribution is -0.130. The Hall–Kier alpha value is -2.62. The van der Waals surface area contributed by atoms with Crippen LogP contribution in [0.3, 0.4) is 0 Å². The van der Waals surface area contributed by atoms with Crippen LogP contribution in [-0.2, 0) is 16.1 Å². The Morgan fingerprint density at radius 3 is 2.12 bits per heavy atom. The molecular weight excluding hydrogens is 324 g/mol. The lowest BCUT2D eigenvalue weighted by Gasteiger charge is -2.23. The summed E-state index contributed by atoms with van der Waals surface area (Å²) in [6.07, 6.45) is 0.300. The zero-order chi connectivity index (χ0) is 19.1. The van der Waals surface area contributed by atoms with E-state index in [4.69, 9.17) is 0 Å². The molecule has 138 valence electrons. The van der Waals surface area contributed by atoms with Crippen LogP contribution in [-0.4, -0.2) is 30.3 Å². The smallest absolute Gasteiger partial charge is 0.224 e. The SMILES string of the molecule is CC(=O)N(CCC(=O)N(C)Cc1ccccc1)c1ccc(C(C)C)cc1. The number of hydrogen-bond donors (Lipinski definition) is 0. The maximum atomic E-state index is 12.4. The largest absolute Gasteiger partial charge is 0.341 e.